The van der Waals surface area contributed by atoms with Gasteiger partial charge in [-0.3, -0.25) is 0 Å². The number of esters is 1. The van der Waals surface area contributed by atoms with Crippen molar-refractivity contribution in [3.05, 3.63) is 28.2 Å². The number of benzene rings is 1. The molecule has 1 aromatic carbocycles. The maximum absolute atomic E-state index is 12.6. The first-order chi connectivity index (χ1) is 11.0. The molecule has 1 aromatic rings. The Morgan fingerprint density at radius 1 is 1.12 bits per heavy atom. The lowest BCUT2D eigenvalue weighted by Crippen LogP contribution is -2.44. The van der Waals surface area contributed by atoms with Crippen LogP contribution in [-0.4, -0.2) is 31.9 Å². The standard InChI is InChI=1S/C18H28BBrO4/c1-12(2)23-19(24-13(3)4)16-10-14(20)8-9-15(16)17(21)22-11-18(5,6)7/h8-10,12-13H,11H2,1-7H3. The van der Waals surface area contributed by atoms with Gasteiger partial charge in [0.25, 0.3) is 0 Å². The number of ether oxygens (including phenoxy) is 1. The fraction of sp³-hybridized carbons (Fsp3) is 0.611. The first-order valence-corrected chi connectivity index (χ1v) is 9.06. The summed E-state index contributed by atoms with van der Waals surface area (Å²) in [5.41, 5.74) is 1.05. The molecule has 0 spiro atoms. The lowest BCUT2D eigenvalue weighted by atomic mass is 9.75. The molecular weight excluding hydrogens is 371 g/mol. The molecule has 0 N–H and O–H groups in total. The molecule has 0 aliphatic heterocycles. The third-order valence-corrected chi connectivity index (χ3v) is 3.41. The average molecular weight is 399 g/mol. The van der Waals surface area contributed by atoms with Crippen molar-refractivity contribution < 1.29 is 18.8 Å². The van der Waals surface area contributed by atoms with Gasteiger partial charge in [0.1, 0.15) is 0 Å². The fourth-order valence-electron chi connectivity index (χ4n) is 1.95. The second-order valence-corrected chi connectivity index (χ2v) is 8.49. The molecule has 0 saturated heterocycles. The Morgan fingerprint density at radius 2 is 1.67 bits per heavy atom. The van der Waals surface area contributed by atoms with Crippen molar-refractivity contribution >= 4 is 34.5 Å². The van der Waals surface area contributed by atoms with E-state index >= 15 is 0 Å². The number of hydrogen-bond donors (Lipinski definition) is 0. The van der Waals surface area contributed by atoms with Crippen LogP contribution in [0.15, 0.2) is 22.7 Å². The molecule has 0 unspecified atom stereocenters. The van der Waals surface area contributed by atoms with E-state index in [2.05, 4.69) is 15.9 Å². The van der Waals surface area contributed by atoms with E-state index < -0.39 is 7.12 Å². The van der Waals surface area contributed by atoms with Gasteiger partial charge in [0.05, 0.1) is 12.2 Å². The quantitative estimate of drug-likeness (QED) is 0.510. The SMILES string of the molecule is CC(C)OB(OC(C)C)c1cc(Br)ccc1C(=O)OCC(C)(C)C. The Hall–Kier alpha value is -0.845. The first-order valence-electron chi connectivity index (χ1n) is 8.27. The summed E-state index contributed by atoms with van der Waals surface area (Å²) in [4.78, 5) is 12.6. The van der Waals surface area contributed by atoms with Gasteiger partial charge in [-0.2, -0.15) is 0 Å². The van der Waals surface area contributed by atoms with Crippen LogP contribution >= 0.6 is 15.9 Å². The molecule has 0 atom stereocenters. The van der Waals surface area contributed by atoms with Gasteiger partial charge in [-0.15, -0.1) is 0 Å². The van der Waals surface area contributed by atoms with E-state index in [1.54, 1.807) is 6.07 Å². The summed E-state index contributed by atoms with van der Waals surface area (Å²) in [5.74, 6) is -0.364. The Bertz CT molecular complexity index is 542. The van der Waals surface area contributed by atoms with Crippen molar-refractivity contribution in [1.82, 2.24) is 0 Å². The maximum atomic E-state index is 12.6. The molecule has 134 valence electrons. The number of hydrogen-bond acceptors (Lipinski definition) is 4. The highest BCUT2D eigenvalue weighted by molar-refractivity contribution is 9.10. The highest BCUT2D eigenvalue weighted by Gasteiger charge is 2.30. The van der Waals surface area contributed by atoms with Gasteiger partial charge >= 0.3 is 13.1 Å². The third kappa shape index (κ3) is 7.37. The highest BCUT2D eigenvalue weighted by atomic mass is 79.9. The van der Waals surface area contributed by atoms with Gasteiger partial charge in [0.15, 0.2) is 0 Å². The van der Waals surface area contributed by atoms with Gasteiger partial charge in [-0.05, 0) is 56.8 Å². The van der Waals surface area contributed by atoms with E-state index in [1.165, 1.54) is 0 Å². The van der Waals surface area contributed by atoms with Gasteiger partial charge < -0.3 is 14.0 Å². The Balaban J connectivity index is 3.14. The van der Waals surface area contributed by atoms with Crippen LogP contribution in [0.3, 0.4) is 0 Å². The van der Waals surface area contributed by atoms with Crippen LogP contribution in [0.1, 0.15) is 58.8 Å². The minimum absolute atomic E-state index is 0.0359. The Labute approximate surface area is 154 Å². The van der Waals surface area contributed by atoms with Crippen LogP contribution in [0.25, 0.3) is 0 Å². The first kappa shape index (κ1) is 21.2. The number of carbonyl (C=O) groups is 1. The van der Waals surface area contributed by atoms with Crippen molar-refractivity contribution in [3.63, 3.8) is 0 Å². The summed E-state index contributed by atoms with van der Waals surface area (Å²) in [5, 5.41) is 0. The van der Waals surface area contributed by atoms with E-state index in [-0.39, 0.29) is 23.6 Å². The van der Waals surface area contributed by atoms with Crippen LogP contribution in [0.5, 0.6) is 0 Å². The lowest BCUT2D eigenvalue weighted by molar-refractivity contribution is 0.0367. The van der Waals surface area contributed by atoms with Gasteiger partial charge in [-0.1, -0.05) is 36.7 Å². The van der Waals surface area contributed by atoms with Crippen LogP contribution in [0.4, 0.5) is 0 Å². The topological polar surface area (TPSA) is 44.8 Å². The molecule has 24 heavy (non-hydrogen) atoms. The Morgan fingerprint density at radius 3 is 2.12 bits per heavy atom. The third-order valence-electron chi connectivity index (χ3n) is 2.92. The second-order valence-electron chi connectivity index (χ2n) is 7.57. The van der Waals surface area contributed by atoms with Crippen molar-refractivity contribution in [2.45, 2.75) is 60.7 Å². The molecule has 0 amide bonds. The van der Waals surface area contributed by atoms with Crippen LogP contribution in [0.2, 0.25) is 0 Å². The van der Waals surface area contributed by atoms with Gasteiger partial charge in [-0.25, -0.2) is 4.79 Å². The normalized spacial score (nSPS) is 11.9. The van der Waals surface area contributed by atoms with Gasteiger partial charge in [0, 0.05) is 16.7 Å². The van der Waals surface area contributed by atoms with E-state index in [0.29, 0.717) is 17.6 Å². The molecule has 0 bridgehead atoms. The van der Waals surface area contributed by atoms with E-state index in [4.69, 9.17) is 14.0 Å². The summed E-state index contributed by atoms with van der Waals surface area (Å²) in [6, 6.07) is 5.41. The molecule has 0 aliphatic rings. The largest absolute Gasteiger partial charge is 0.495 e. The smallest absolute Gasteiger partial charge is 0.462 e. The molecule has 0 aliphatic carbocycles. The summed E-state index contributed by atoms with van der Waals surface area (Å²) in [7, 11) is -0.625. The second kappa shape index (κ2) is 9.02. The molecule has 4 nitrogen and oxygen atoms in total. The predicted molar refractivity (Wildman–Crippen MR) is 102 cm³/mol. The van der Waals surface area contributed by atoms with E-state index in [9.17, 15) is 4.79 Å². The molecular formula is C18H28BBrO4. The van der Waals surface area contributed by atoms with Crippen LogP contribution in [-0.2, 0) is 14.0 Å². The monoisotopic (exact) mass is 398 g/mol. The zero-order chi connectivity index (χ0) is 18.5. The molecule has 0 heterocycles. The fourth-order valence-corrected chi connectivity index (χ4v) is 2.33. The summed E-state index contributed by atoms with van der Waals surface area (Å²) in [6.07, 6.45) is -0.0719. The molecule has 1 rings (SSSR count). The minimum Gasteiger partial charge on any atom is -0.462 e. The highest BCUT2D eigenvalue weighted by Crippen LogP contribution is 2.16. The summed E-state index contributed by atoms with van der Waals surface area (Å²) in [6.45, 7) is 14.2. The van der Waals surface area contributed by atoms with Gasteiger partial charge in [0.2, 0.25) is 0 Å². The molecule has 0 fully saturated rings. The molecule has 0 saturated carbocycles. The van der Waals surface area contributed by atoms with E-state index in [1.807, 2.05) is 60.6 Å². The van der Waals surface area contributed by atoms with Crippen molar-refractivity contribution in [3.8, 4) is 0 Å². The van der Waals surface area contributed by atoms with Crippen molar-refractivity contribution in [2.75, 3.05) is 6.61 Å². The van der Waals surface area contributed by atoms with Crippen molar-refractivity contribution in [1.29, 1.82) is 0 Å². The summed E-state index contributed by atoms with van der Waals surface area (Å²) < 4.78 is 18.1. The number of carbonyl (C=O) groups excluding carboxylic acids is 1. The zero-order valence-corrected chi connectivity index (χ0v) is 17.3. The Kier molecular flexibility index (Phi) is 7.97. The zero-order valence-electron chi connectivity index (χ0n) is 15.7. The maximum Gasteiger partial charge on any atom is 0.495 e. The van der Waals surface area contributed by atoms with Crippen molar-refractivity contribution in [2.24, 2.45) is 5.41 Å². The van der Waals surface area contributed by atoms with Crippen LogP contribution < -0.4 is 5.46 Å². The average Bonchev–Trinajstić information content (AvgIpc) is 2.42. The molecule has 0 radical (unpaired) electrons. The summed E-state index contributed by atoms with van der Waals surface area (Å²) >= 11 is 3.45. The minimum atomic E-state index is -0.625. The predicted octanol–water partition coefficient (Wildman–Crippen LogP) is 4.20. The number of rotatable bonds is 7. The number of halogens is 1. The van der Waals surface area contributed by atoms with E-state index in [0.717, 1.165) is 4.47 Å². The lowest BCUT2D eigenvalue weighted by Gasteiger charge is -2.22. The van der Waals surface area contributed by atoms with Crippen LogP contribution in [0, 0.1) is 5.41 Å². The molecule has 0 aromatic heterocycles. The molecule has 6 heteroatoms.